The van der Waals surface area contributed by atoms with Crippen molar-refractivity contribution in [1.82, 2.24) is 14.9 Å². The van der Waals surface area contributed by atoms with Gasteiger partial charge in [-0.2, -0.15) is 0 Å². The predicted octanol–water partition coefficient (Wildman–Crippen LogP) is 2.34. The van der Waals surface area contributed by atoms with Crippen molar-refractivity contribution in [2.24, 2.45) is 5.16 Å². The van der Waals surface area contributed by atoms with E-state index in [9.17, 15) is 14.1 Å². The van der Waals surface area contributed by atoms with Gasteiger partial charge in [0.2, 0.25) is 17.4 Å². The first kappa shape index (κ1) is 27.6. The fraction of sp³-hybridized carbons (Fsp3) is 0.812. The second kappa shape index (κ2) is 13.2. The third-order valence-electron chi connectivity index (χ3n) is 4.20. The van der Waals surface area contributed by atoms with Crippen molar-refractivity contribution in [2.45, 2.75) is 44.8 Å². The molecular weight excluding hydrogens is 471 g/mol. The normalized spacial score (nSPS) is 17.5. The lowest BCUT2D eigenvalue weighted by molar-refractivity contribution is -0.121. The summed E-state index contributed by atoms with van der Waals surface area (Å²) < 4.78 is 27.4. The quantitative estimate of drug-likeness (QED) is 0.116. The fourth-order valence-corrected chi connectivity index (χ4v) is 8.66. The Balaban J connectivity index is 2.71. The Hall–Kier alpha value is -0.400. The molecule has 1 aliphatic carbocycles. The number of oxime groups is 1. The maximum Gasteiger partial charge on any atom is 0.437 e. The maximum absolute atomic E-state index is 12.6. The van der Waals surface area contributed by atoms with Crippen LogP contribution in [0.2, 0.25) is 0 Å². The number of carbonyl (C=O) groups is 2. The van der Waals surface area contributed by atoms with Crippen LogP contribution in [0, 0.1) is 0 Å². The van der Waals surface area contributed by atoms with E-state index >= 15 is 0 Å². The molecule has 0 aliphatic heterocycles. The summed E-state index contributed by atoms with van der Waals surface area (Å²) in [6.07, 6.45) is 3.94. The van der Waals surface area contributed by atoms with Crippen LogP contribution in [0.4, 0.5) is 4.79 Å². The molecule has 1 fully saturated rings. The van der Waals surface area contributed by atoms with Crippen LogP contribution in [0.1, 0.15) is 39.5 Å². The summed E-state index contributed by atoms with van der Waals surface area (Å²) in [4.78, 5) is 29.8. The summed E-state index contributed by atoms with van der Waals surface area (Å²) in [6, 6.07) is 0. The lowest BCUT2D eigenvalue weighted by Gasteiger charge is -2.38. The second-order valence-electron chi connectivity index (χ2n) is 6.52. The van der Waals surface area contributed by atoms with Gasteiger partial charge in [0.05, 0.1) is 24.6 Å². The summed E-state index contributed by atoms with van der Waals surface area (Å²) >= 11 is 5.16. The van der Waals surface area contributed by atoms with Crippen LogP contribution >= 0.6 is 18.3 Å². The van der Waals surface area contributed by atoms with E-state index in [0.29, 0.717) is 26.1 Å². The first-order valence-corrected chi connectivity index (χ1v) is 14.7. The molecule has 174 valence electrons. The molecule has 2 N–H and O–H groups in total. The highest BCUT2D eigenvalue weighted by atomic mass is 32.5. The van der Waals surface area contributed by atoms with Crippen LogP contribution in [0.3, 0.4) is 0 Å². The Labute approximate surface area is 190 Å². The molecule has 1 rings (SSSR count). The highest BCUT2D eigenvalue weighted by Gasteiger charge is 2.51. The number of thioether (sulfide) groups is 1. The minimum Gasteiger partial charge on any atom is -0.597 e. The Morgan fingerprint density at radius 3 is 2.30 bits per heavy atom. The van der Waals surface area contributed by atoms with E-state index in [0.717, 1.165) is 24.6 Å². The topological polar surface area (TPSA) is 125 Å². The molecule has 1 saturated carbocycles. The number of rotatable bonds is 10. The number of carbonyl (C=O) groups excluding carboxylic acids is 2. The molecule has 0 saturated heterocycles. The molecule has 1 aliphatic rings. The molecular formula is C16H31N4O6PS3. The van der Waals surface area contributed by atoms with Crippen LogP contribution in [-0.2, 0) is 41.8 Å². The van der Waals surface area contributed by atoms with Gasteiger partial charge >= 0.3 is 6.09 Å². The van der Waals surface area contributed by atoms with Crippen LogP contribution in [0.15, 0.2) is 5.16 Å². The van der Waals surface area contributed by atoms with E-state index in [1.165, 1.54) is 4.90 Å². The van der Waals surface area contributed by atoms with Gasteiger partial charge in [-0.05, 0) is 44.8 Å². The number of hydrogen-bond donors (Lipinski definition) is 2. The number of nitrogens with zero attached hydrogens (tertiary/aromatic N) is 2. The zero-order valence-electron chi connectivity index (χ0n) is 18.0. The Bertz CT molecular complexity index is 651. The highest BCUT2D eigenvalue weighted by Crippen LogP contribution is 2.65. The zero-order valence-corrected chi connectivity index (χ0v) is 21.3. The molecule has 0 spiro atoms. The Morgan fingerprint density at radius 1 is 1.27 bits per heavy atom. The van der Waals surface area contributed by atoms with Crippen molar-refractivity contribution in [3.63, 3.8) is 0 Å². The lowest BCUT2D eigenvalue weighted by atomic mass is 10.3. The van der Waals surface area contributed by atoms with E-state index < -0.39 is 29.2 Å². The zero-order chi connectivity index (χ0) is 22.8. The third-order valence-corrected chi connectivity index (χ3v) is 10.5. The average Bonchev–Trinajstić information content (AvgIpc) is 3.17. The minimum atomic E-state index is -2.73. The average molecular weight is 503 g/mol. The number of amides is 2. The van der Waals surface area contributed by atoms with Crippen molar-refractivity contribution in [3.8, 4) is 0 Å². The SMILES string of the molecule is CCOP(=S)(OCC)C1(N[S+]([O-])CNC(=O)ON=C(SC)C(=O)N(C)C)CCCC1. The van der Waals surface area contributed by atoms with Crippen LogP contribution in [0.5, 0.6) is 0 Å². The molecule has 0 heterocycles. The van der Waals surface area contributed by atoms with E-state index in [-0.39, 0.29) is 16.8 Å². The molecule has 0 bridgehead atoms. The van der Waals surface area contributed by atoms with Crippen LogP contribution in [0.25, 0.3) is 0 Å². The monoisotopic (exact) mass is 502 g/mol. The van der Waals surface area contributed by atoms with Crippen molar-refractivity contribution in [1.29, 1.82) is 0 Å². The van der Waals surface area contributed by atoms with Gasteiger partial charge in [0.15, 0.2) is 0 Å². The van der Waals surface area contributed by atoms with Crippen molar-refractivity contribution in [3.05, 3.63) is 0 Å². The largest absolute Gasteiger partial charge is 0.597 e. The van der Waals surface area contributed by atoms with E-state index in [2.05, 4.69) is 15.2 Å². The van der Waals surface area contributed by atoms with Crippen LogP contribution < -0.4 is 10.0 Å². The van der Waals surface area contributed by atoms with Gasteiger partial charge in [-0.3, -0.25) is 14.9 Å². The molecule has 0 aromatic rings. The fourth-order valence-electron chi connectivity index (χ4n) is 2.86. The standard InChI is InChI=1S/C16H31N4O6PS3/c1-6-24-27(28,25-7-2)16(10-8-9-11-16)19-30(23)12-17-15(22)26-18-13(29-5)14(21)20(3)4/h19H,6-12H2,1-5H3,(H,17,22). The third kappa shape index (κ3) is 7.63. The van der Waals surface area contributed by atoms with Crippen molar-refractivity contribution >= 4 is 58.5 Å². The molecule has 1 atom stereocenters. The summed E-state index contributed by atoms with van der Waals surface area (Å²) in [5.41, 5.74) is 0. The van der Waals surface area contributed by atoms with E-state index in [4.69, 9.17) is 25.7 Å². The van der Waals surface area contributed by atoms with Gasteiger partial charge in [0.25, 0.3) is 5.91 Å². The molecule has 2 amide bonds. The molecule has 14 heteroatoms. The Kier molecular flexibility index (Phi) is 12.2. The molecule has 1 unspecified atom stereocenters. The first-order valence-electron chi connectivity index (χ1n) is 9.48. The van der Waals surface area contributed by atoms with Gasteiger partial charge in [-0.25, -0.2) is 4.79 Å². The second-order valence-corrected chi connectivity index (χ2v) is 12.3. The predicted molar refractivity (Wildman–Crippen MR) is 124 cm³/mol. The van der Waals surface area contributed by atoms with Gasteiger partial charge in [0, 0.05) is 14.1 Å². The number of hydrogen-bond acceptors (Lipinski definition) is 10. The van der Waals surface area contributed by atoms with E-state index in [1.807, 2.05) is 13.8 Å². The van der Waals surface area contributed by atoms with Crippen molar-refractivity contribution in [2.75, 3.05) is 39.4 Å². The molecule has 0 aromatic carbocycles. The van der Waals surface area contributed by atoms with Gasteiger partial charge < -0.3 is 18.5 Å². The summed E-state index contributed by atoms with van der Waals surface area (Å²) in [5, 5.41) is 5.24. The van der Waals surface area contributed by atoms with Crippen molar-refractivity contribution < 1.29 is 28.0 Å². The lowest BCUT2D eigenvalue weighted by Crippen LogP contribution is -2.49. The molecule has 0 aromatic heterocycles. The smallest absolute Gasteiger partial charge is 0.437 e. The summed E-state index contributed by atoms with van der Waals surface area (Å²) in [7, 11) is 3.13. The molecule has 10 nitrogen and oxygen atoms in total. The van der Waals surface area contributed by atoms with Crippen LogP contribution in [-0.4, -0.2) is 71.2 Å². The van der Waals surface area contributed by atoms with Gasteiger partial charge in [-0.15, -0.1) is 16.5 Å². The highest BCUT2D eigenvalue weighted by molar-refractivity contribution is 8.15. The minimum absolute atomic E-state index is 0.0217. The molecule has 0 radical (unpaired) electrons. The van der Waals surface area contributed by atoms with Gasteiger partial charge in [-0.1, -0.05) is 18.0 Å². The Morgan fingerprint density at radius 2 is 1.83 bits per heavy atom. The van der Waals surface area contributed by atoms with Gasteiger partial charge in [0.1, 0.15) is 5.28 Å². The summed E-state index contributed by atoms with van der Waals surface area (Å²) in [5.74, 6) is -0.610. The van der Waals surface area contributed by atoms with E-state index in [1.54, 1.807) is 20.4 Å². The first-order chi connectivity index (χ1) is 14.1. The molecule has 30 heavy (non-hydrogen) atoms. The number of nitrogens with one attached hydrogen (secondary N) is 2. The maximum atomic E-state index is 12.6. The summed E-state index contributed by atoms with van der Waals surface area (Å²) in [6.45, 7) is 1.77.